The SMILES string of the molecule is CC(C)(C)OC(=O)CCSC(=O)CCC(=O)NCCCCC1(N)CSSC1. The first-order valence-electron chi connectivity index (χ1n) is 9.27. The Hall–Kier alpha value is -0.380. The van der Waals surface area contributed by atoms with Crippen LogP contribution in [0.1, 0.15) is 59.3 Å². The third-order valence-corrected chi connectivity index (χ3v) is 7.44. The molecule has 0 aromatic heterocycles. The predicted octanol–water partition coefficient (Wildman–Crippen LogP) is 3.14. The van der Waals surface area contributed by atoms with Crippen molar-refractivity contribution >= 4 is 50.3 Å². The second-order valence-electron chi connectivity index (χ2n) is 7.75. The zero-order valence-electron chi connectivity index (χ0n) is 16.5. The van der Waals surface area contributed by atoms with Crippen LogP contribution in [0.15, 0.2) is 0 Å². The molecule has 1 saturated heterocycles. The van der Waals surface area contributed by atoms with E-state index in [1.165, 1.54) is 0 Å². The van der Waals surface area contributed by atoms with Crippen LogP contribution in [0.25, 0.3) is 0 Å². The molecule has 156 valence electrons. The minimum Gasteiger partial charge on any atom is -0.460 e. The Morgan fingerprint density at radius 2 is 1.78 bits per heavy atom. The summed E-state index contributed by atoms with van der Waals surface area (Å²) >= 11 is 1.08. The highest BCUT2D eigenvalue weighted by Gasteiger charge is 2.29. The molecule has 1 fully saturated rings. The number of hydrogen-bond donors (Lipinski definition) is 2. The molecule has 3 N–H and O–H groups in total. The van der Waals surface area contributed by atoms with Gasteiger partial charge in [0.15, 0.2) is 5.12 Å². The van der Waals surface area contributed by atoms with E-state index in [2.05, 4.69) is 5.32 Å². The fraction of sp³-hybridized carbons (Fsp3) is 0.833. The molecule has 0 saturated carbocycles. The Labute approximate surface area is 174 Å². The van der Waals surface area contributed by atoms with Crippen molar-refractivity contribution in [2.45, 2.75) is 70.4 Å². The zero-order valence-corrected chi connectivity index (χ0v) is 19.0. The van der Waals surface area contributed by atoms with Crippen LogP contribution >= 0.6 is 33.3 Å². The average Bonchev–Trinajstić information content (AvgIpc) is 2.97. The first-order valence-corrected chi connectivity index (χ1v) is 12.7. The van der Waals surface area contributed by atoms with E-state index >= 15 is 0 Å². The normalized spacial score (nSPS) is 16.1. The number of unbranched alkanes of at least 4 members (excludes halogenated alkanes) is 1. The number of hydrogen-bond acceptors (Lipinski definition) is 8. The number of amides is 1. The number of nitrogens with one attached hydrogen (secondary N) is 1. The number of carbonyl (C=O) groups excluding carboxylic acids is 3. The molecular weight excluding hydrogens is 404 g/mol. The van der Waals surface area contributed by atoms with Gasteiger partial charge in [0.25, 0.3) is 0 Å². The van der Waals surface area contributed by atoms with Gasteiger partial charge in [-0.1, -0.05) is 33.3 Å². The topological polar surface area (TPSA) is 98.5 Å². The third-order valence-electron chi connectivity index (χ3n) is 3.75. The monoisotopic (exact) mass is 436 g/mol. The van der Waals surface area contributed by atoms with Crippen LogP contribution in [0.2, 0.25) is 0 Å². The minimum atomic E-state index is -0.510. The lowest BCUT2D eigenvalue weighted by molar-refractivity contribution is -0.154. The van der Waals surface area contributed by atoms with Crippen molar-refractivity contribution in [3.63, 3.8) is 0 Å². The van der Waals surface area contributed by atoms with Crippen LogP contribution < -0.4 is 11.1 Å². The van der Waals surface area contributed by atoms with E-state index < -0.39 is 5.60 Å². The van der Waals surface area contributed by atoms with Crippen molar-refractivity contribution in [2.75, 3.05) is 23.8 Å². The Balaban J connectivity index is 2.00. The fourth-order valence-corrected chi connectivity index (χ4v) is 6.26. The molecule has 1 heterocycles. The van der Waals surface area contributed by atoms with Crippen LogP contribution in [0.5, 0.6) is 0 Å². The van der Waals surface area contributed by atoms with Gasteiger partial charge in [-0.05, 0) is 40.0 Å². The van der Waals surface area contributed by atoms with E-state index in [0.717, 1.165) is 42.5 Å². The largest absolute Gasteiger partial charge is 0.460 e. The molecule has 0 aromatic carbocycles. The summed E-state index contributed by atoms with van der Waals surface area (Å²) in [5, 5.41) is 2.78. The van der Waals surface area contributed by atoms with Gasteiger partial charge in [-0.3, -0.25) is 14.4 Å². The van der Waals surface area contributed by atoms with Crippen molar-refractivity contribution in [1.82, 2.24) is 5.32 Å². The number of carbonyl (C=O) groups is 3. The van der Waals surface area contributed by atoms with Crippen molar-refractivity contribution < 1.29 is 19.1 Å². The summed E-state index contributed by atoms with van der Waals surface area (Å²) in [5.74, 6) is 1.96. The summed E-state index contributed by atoms with van der Waals surface area (Å²) in [7, 11) is 3.66. The summed E-state index contributed by atoms with van der Waals surface area (Å²) in [6.07, 6.45) is 3.45. The Morgan fingerprint density at radius 1 is 1.11 bits per heavy atom. The summed E-state index contributed by atoms with van der Waals surface area (Å²) in [5.41, 5.74) is 5.71. The second kappa shape index (κ2) is 12.2. The van der Waals surface area contributed by atoms with Gasteiger partial charge < -0.3 is 15.8 Å². The van der Waals surface area contributed by atoms with Crippen LogP contribution in [0, 0.1) is 0 Å². The maximum absolute atomic E-state index is 11.8. The van der Waals surface area contributed by atoms with Crippen molar-refractivity contribution in [1.29, 1.82) is 0 Å². The van der Waals surface area contributed by atoms with Crippen LogP contribution in [0.3, 0.4) is 0 Å². The van der Waals surface area contributed by atoms with E-state index in [1.807, 2.05) is 42.4 Å². The highest BCUT2D eigenvalue weighted by atomic mass is 33.1. The molecule has 0 bridgehead atoms. The average molecular weight is 437 g/mol. The molecule has 9 heteroatoms. The van der Waals surface area contributed by atoms with Gasteiger partial charge >= 0.3 is 5.97 Å². The first kappa shape index (κ1) is 24.7. The highest BCUT2D eigenvalue weighted by molar-refractivity contribution is 8.77. The zero-order chi connectivity index (χ0) is 20.3. The Kier molecular flexibility index (Phi) is 11.2. The van der Waals surface area contributed by atoms with Gasteiger partial charge in [-0.2, -0.15) is 0 Å². The molecule has 0 unspecified atom stereocenters. The summed E-state index contributed by atoms with van der Waals surface area (Å²) in [4.78, 5) is 35.1. The number of rotatable bonds is 11. The molecule has 1 aliphatic heterocycles. The quantitative estimate of drug-likeness (QED) is 0.290. The van der Waals surface area contributed by atoms with Crippen LogP contribution in [-0.4, -0.2) is 51.9 Å². The highest BCUT2D eigenvalue weighted by Crippen LogP contribution is 2.38. The van der Waals surface area contributed by atoms with E-state index in [1.54, 1.807) is 0 Å². The Morgan fingerprint density at radius 3 is 2.41 bits per heavy atom. The molecule has 1 aliphatic rings. The third kappa shape index (κ3) is 12.6. The molecule has 1 rings (SSSR count). The van der Waals surface area contributed by atoms with Crippen LogP contribution in [0.4, 0.5) is 0 Å². The smallest absolute Gasteiger partial charge is 0.307 e. The molecule has 6 nitrogen and oxygen atoms in total. The second-order valence-corrected chi connectivity index (χ2v) is 11.4. The Bertz CT molecular complexity index is 503. The summed E-state index contributed by atoms with van der Waals surface area (Å²) < 4.78 is 5.18. The van der Waals surface area contributed by atoms with E-state index in [9.17, 15) is 14.4 Å². The standard InChI is InChI=1S/C18H32N2O4S3/c1-17(2,3)24-15(22)8-11-25-16(23)7-6-14(21)20-10-5-4-9-18(19)12-26-27-13-18/h4-13,19H2,1-3H3,(H,20,21). The molecule has 0 aromatic rings. The lowest BCUT2D eigenvalue weighted by Crippen LogP contribution is -2.42. The lowest BCUT2D eigenvalue weighted by atomic mass is 9.98. The minimum absolute atomic E-state index is 0.0533. The summed E-state index contributed by atoms with van der Waals surface area (Å²) in [6, 6.07) is 0. The number of thioether (sulfide) groups is 1. The fourth-order valence-electron chi connectivity index (χ4n) is 2.35. The van der Waals surface area contributed by atoms with Crippen LogP contribution in [-0.2, 0) is 19.1 Å². The molecule has 0 radical (unpaired) electrons. The van der Waals surface area contributed by atoms with Crippen molar-refractivity contribution in [2.24, 2.45) is 5.73 Å². The van der Waals surface area contributed by atoms with Gasteiger partial charge in [0, 0.05) is 42.2 Å². The number of esters is 1. The van der Waals surface area contributed by atoms with E-state index in [-0.39, 0.29) is 41.8 Å². The summed E-state index contributed by atoms with van der Waals surface area (Å²) in [6.45, 7) is 6.05. The molecule has 0 spiro atoms. The predicted molar refractivity (Wildman–Crippen MR) is 116 cm³/mol. The van der Waals surface area contributed by atoms with Crippen molar-refractivity contribution in [3.05, 3.63) is 0 Å². The number of nitrogens with two attached hydrogens (primary N) is 1. The maximum atomic E-state index is 11.8. The number of ether oxygens (including phenoxy) is 1. The van der Waals surface area contributed by atoms with Crippen molar-refractivity contribution in [3.8, 4) is 0 Å². The molecule has 0 atom stereocenters. The maximum Gasteiger partial charge on any atom is 0.307 e. The van der Waals surface area contributed by atoms with E-state index in [0.29, 0.717) is 12.3 Å². The molecule has 1 amide bonds. The van der Waals surface area contributed by atoms with Gasteiger partial charge in [-0.25, -0.2) is 0 Å². The molecule has 0 aliphatic carbocycles. The van der Waals surface area contributed by atoms with Gasteiger partial charge in [0.1, 0.15) is 5.60 Å². The molecule has 27 heavy (non-hydrogen) atoms. The van der Waals surface area contributed by atoms with Gasteiger partial charge in [-0.15, -0.1) is 0 Å². The van der Waals surface area contributed by atoms with Gasteiger partial charge in [0.05, 0.1) is 6.42 Å². The van der Waals surface area contributed by atoms with Gasteiger partial charge in [0.2, 0.25) is 5.91 Å². The lowest BCUT2D eigenvalue weighted by Gasteiger charge is -2.21. The molecular formula is C18H32N2O4S3. The first-order chi connectivity index (χ1) is 12.6. The van der Waals surface area contributed by atoms with E-state index in [4.69, 9.17) is 10.5 Å².